The summed E-state index contributed by atoms with van der Waals surface area (Å²) in [5.74, 6) is 0.526. The van der Waals surface area contributed by atoms with Crippen LogP contribution in [0.2, 0.25) is 10.0 Å². The maximum Gasteiger partial charge on any atom is 0.143 e. The first-order valence-corrected chi connectivity index (χ1v) is 9.92. The standard InChI is InChI=1S/C18H10Cl2N4S2/c19-13-3-1-4-14(20)12(13)9-26-18-11(8-22)16(15-5-2-6-25-15)10(7-21)17(23)24-18/h1-6H,9H2,(H2,23,24). The Bertz CT molecular complexity index is 1030. The summed E-state index contributed by atoms with van der Waals surface area (Å²) in [6, 6.07) is 13.2. The molecule has 0 aliphatic rings. The maximum absolute atomic E-state index is 9.71. The van der Waals surface area contributed by atoms with Crippen LogP contribution in [0.15, 0.2) is 40.7 Å². The van der Waals surface area contributed by atoms with Crippen LogP contribution in [0, 0.1) is 22.7 Å². The third kappa shape index (κ3) is 3.51. The van der Waals surface area contributed by atoms with Gasteiger partial charge in [-0.2, -0.15) is 10.5 Å². The number of nitrogens with two attached hydrogens (primary N) is 1. The van der Waals surface area contributed by atoms with Gasteiger partial charge in [-0.15, -0.1) is 23.1 Å². The zero-order chi connectivity index (χ0) is 18.7. The maximum atomic E-state index is 9.71. The summed E-state index contributed by atoms with van der Waals surface area (Å²) >= 11 is 15.2. The highest BCUT2D eigenvalue weighted by atomic mass is 35.5. The van der Waals surface area contributed by atoms with Crippen molar-refractivity contribution in [2.45, 2.75) is 10.8 Å². The van der Waals surface area contributed by atoms with E-state index in [2.05, 4.69) is 17.1 Å². The van der Waals surface area contributed by atoms with Crippen LogP contribution in [-0.4, -0.2) is 4.98 Å². The lowest BCUT2D eigenvalue weighted by molar-refractivity contribution is 1.11. The smallest absolute Gasteiger partial charge is 0.143 e. The summed E-state index contributed by atoms with van der Waals surface area (Å²) in [4.78, 5) is 5.07. The van der Waals surface area contributed by atoms with E-state index in [-0.39, 0.29) is 11.4 Å². The molecule has 0 amide bonds. The first kappa shape index (κ1) is 18.6. The molecule has 0 saturated heterocycles. The Morgan fingerprint density at radius 3 is 2.35 bits per heavy atom. The summed E-state index contributed by atoms with van der Waals surface area (Å²) in [6.45, 7) is 0. The highest BCUT2D eigenvalue weighted by Crippen LogP contribution is 2.39. The molecule has 0 fully saturated rings. The second-order valence-corrected chi connectivity index (χ2v) is 7.84. The topological polar surface area (TPSA) is 86.5 Å². The van der Waals surface area contributed by atoms with Crippen molar-refractivity contribution >= 4 is 52.1 Å². The number of rotatable bonds is 4. The Kier molecular flexibility index (Phi) is 5.70. The monoisotopic (exact) mass is 416 g/mol. The second kappa shape index (κ2) is 7.99. The molecule has 0 bridgehead atoms. The number of nitrogens with zero attached hydrogens (tertiary/aromatic N) is 3. The van der Waals surface area contributed by atoms with Gasteiger partial charge in [-0.1, -0.05) is 35.3 Å². The van der Waals surface area contributed by atoms with Crippen LogP contribution in [0.1, 0.15) is 16.7 Å². The number of benzene rings is 1. The predicted octanol–water partition coefficient (Wildman–Crippen LogP) is 5.73. The minimum atomic E-state index is 0.0997. The van der Waals surface area contributed by atoms with Crippen molar-refractivity contribution in [1.82, 2.24) is 4.98 Å². The van der Waals surface area contributed by atoms with Gasteiger partial charge in [0.2, 0.25) is 0 Å². The lowest BCUT2D eigenvalue weighted by Crippen LogP contribution is -2.03. The lowest BCUT2D eigenvalue weighted by atomic mass is 10.0. The molecule has 3 rings (SSSR count). The molecule has 0 radical (unpaired) electrons. The molecule has 2 N–H and O–H groups in total. The zero-order valence-corrected chi connectivity index (χ0v) is 16.3. The number of hydrogen-bond acceptors (Lipinski definition) is 6. The number of anilines is 1. The Morgan fingerprint density at radius 1 is 1.08 bits per heavy atom. The third-order valence-electron chi connectivity index (χ3n) is 3.60. The van der Waals surface area contributed by atoms with Gasteiger partial charge in [-0.05, 0) is 29.1 Å². The van der Waals surface area contributed by atoms with E-state index >= 15 is 0 Å². The molecule has 0 unspecified atom stereocenters. The minimum Gasteiger partial charge on any atom is -0.383 e. The van der Waals surface area contributed by atoms with Crippen molar-refractivity contribution in [3.63, 3.8) is 0 Å². The average molecular weight is 417 g/mol. The van der Waals surface area contributed by atoms with E-state index in [1.165, 1.54) is 23.1 Å². The number of aromatic nitrogens is 1. The third-order valence-corrected chi connectivity index (χ3v) is 6.20. The van der Waals surface area contributed by atoms with Gasteiger partial charge in [-0.3, -0.25) is 0 Å². The normalized spacial score (nSPS) is 10.3. The van der Waals surface area contributed by atoms with Crippen molar-refractivity contribution in [3.8, 4) is 22.6 Å². The van der Waals surface area contributed by atoms with Gasteiger partial charge < -0.3 is 5.73 Å². The Morgan fingerprint density at radius 2 is 1.77 bits per heavy atom. The van der Waals surface area contributed by atoms with E-state index in [0.29, 0.717) is 32.0 Å². The SMILES string of the molecule is N#Cc1c(N)nc(SCc2c(Cl)cccc2Cl)c(C#N)c1-c1cccs1. The van der Waals surface area contributed by atoms with Gasteiger partial charge in [0.25, 0.3) is 0 Å². The van der Waals surface area contributed by atoms with Crippen LogP contribution in [0.5, 0.6) is 0 Å². The van der Waals surface area contributed by atoms with Gasteiger partial charge in [0.05, 0.1) is 5.56 Å². The summed E-state index contributed by atoms with van der Waals surface area (Å²) in [5.41, 5.74) is 7.80. The molecule has 2 heterocycles. The molecular formula is C18H10Cl2N4S2. The van der Waals surface area contributed by atoms with Gasteiger partial charge in [0.15, 0.2) is 0 Å². The number of halogens is 2. The molecule has 0 aliphatic carbocycles. The van der Waals surface area contributed by atoms with Gasteiger partial charge >= 0.3 is 0 Å². The van der Waals surface area contributed by atoms with E-state index < -0.39 is 0 Å². The number of hydrogen-bond donors (Lipinski definition) is 1. The Labute approximate surface area is 168 Å². The molecule has 4 nitrogen and oxygen atoms in total. The van der Waals surface area contributed by atoms with Gasteiger partial charge in [-0.25, -0.2) is 4.98 Å². The molecule has 128 valence electrons. The number of thioether (sulfide) groups is 1. The van der Waals surface area contributed by atoms with Crippen molar-refractivity contribution in [2.24, 2.45) is 0 Å². The van der Waals surface area contributed by atoms with Crippen molar-refractivity contribution in [1.29, 1.82) is 10.5 Å². The second-order valence-electron chi connectivity index (χ2n) is 5.12. The number of nitriles is 2. The average Bonchev–Trinajstić information content (AvgIpc) is 3.15. The fourth-order valence-corrected chi connectivity index (χ4v) is 4.90. The van der Waals surface area contributed by atoms with Crippen LogP contribution in [-0.2, 0) is 5.75 Å². The van der Waals surface area contributed by atoms with E-state index in [1.54, 1.807) is 18.2 Å². The van der Waals surface area contributed by atoms with Crippen molar-refractivity contribution in [3.05, 3.63) is 62.4 Å². The van der Waals surface area contributed by atoms with Gasteiger partial charge in [0.1, 0.15) is 28.5 Å². The van der Waals surface area contributed by atoms with E-state index in [4.69, 9.17) is 28.9 Å². The highest BCUT2D eigenvalue weighted by molar-refractivity contribution is 7.98. The molecule has 1 aromatic carbocycles. The molecule has 2 aromatic heterocycles. The fraction of sp³-hybridized carbons (Fsp3) is 0.0556. The van der Waals surface area contributed by atoms with Crippen LogP contribution >= 0.6 is 46.3 Å². The zero-order valence-electron chi connectivity index (χ0n) is 13.2. The number of nitrogen functional groups attached to an aromatic ring is 1. The Hall–Kier alpha value is -2.22. The Balaban J connectivity index is 2.09. The quantitative estimate of drug-likeness (QED) is 0.548. The van der Waals surface area contributed by atoms with Crippen LogP contribution in [0.4, 0.5) is 5.82 Å². The highest BCUT2D eigenvalue weighted by Gasteiger charge is 2.21. The molecule has 0 atom stereocenters. The fourth-order valence-electron chi connectivity index (χ4n) is 2.38. The lowest BCUT2D eigenvalue weighted by Gasteiger charge is -2.12. The summed E-state index contributed by atoms with van der Waals surface area (Å²) in [5, 5.41) is 22.6. The summed E-state index contributed by atoms with van der Waals surface area (Å²) < 4.78 is 0. The molecule has 0 spiro atoms. The first-order valence-electron chi connectivity index (χ1n) is 7.30. The largest absolute Gasteiger partial charge is 0.383 e. The van der Waals surface area contributed by atoms with Gasteiger partial charge in [0, 0.05) is 26.2 Å². The van der Waals surface area contributed by atoms with Crippen LogP contribution in [0.25, 0.3) is 10.4 Å². The summed E-state index contributed by atoms with van der Waals surface area (Å²) in [6.07, 6.45) is 0. The molecule has 26 heavy (non-hydrogen) atoms. The number of pyridine rings is 1. The summed E-state index contributed by atoms with van der Waals surface area (Å²) in [7, 11) is 0. The van der Waals surface area contributed by atoms with E-state index in [9.17, 15) is 10.5 Å². The predicted molar refractivity (Wildman–Crippen MR) is 107 cm³/mol. The first-order chi connectivity index (χ1) is 12.6. The van der Waals surface area contributed by atoms with Crippen LogP contribution < -0.4 is 5.73 Å². The molecular weight excluding hydrogens is 407 g/mol. The van der Waals surface area contributed by atoms with E-state index in [1.807, 2.05) is 17.5 Å². The van der Waals surface area contributed by atoms with Crippen LogP contribution in [0.3, 0.4) is 0 Å². The number of thiophene rings is 1. The molecule has 0 aliphatic heterocycles. The van der Waals surface area contributed by atoms with E-state index in [0.717, 1.165) is 10.4 Å². The molecule has 8 heteroatoms. The van der Waals surface area contributed by atoms with Crippen molar-refractivity contribution in [2.75, 3.05) is 5.73 Å². The minimum absolute atomic E-state index is 0.0997. The molecule has 3 aromatic rings. The molecule has 0 saturated carbocycles. The van der Waals surface area contributed by atoms with Crippen molar-refractivity contribution < 1.29 is 0 Å².